The van der Waals surface area contributed by atoms with Crippen molar-refractivity contribution in [3.8, 4) is 0 Å². The molecule has 0 spiro atoms. The molecule has 0 aliphatic heterocycles. The molecule has 0 unspecified atom stereocenters. The zero-order valence-corrected chi connectivity index (χ0v) is 13.5. The molecule has 0 fully saturated rings. The van der Waals surface area contributed by atoms with E-state index in [-0.39, 0.29) is 11.2 Å². The van der Waals surface area contributed by atoms with Crippen LogP contribution in [0.1, 0.15) is 25.8 Å². The van der Waals surface area contributed by atoms with Gasteiger partial charge in [0.15, 0.2) is 0 Å². The predicted octanol–water partition coefficient (Wildman–Crippen LogP) is 3.78. The van der Waals surface area contributed by atoms with Crippen LogP contribution in [-0.4, -0.2) is 26.8 Å². The molecule has 4 heteroatoms. The van der Waals surface area contributed by atoms with Crippen LogP contribution >= 0.6 is 15.9 Å². The summed E-state index contributed by atoms with van der Waals surface area (Å²) in [4.78, 5) is 0. The maximum Gasteiger partial charge on any atom is 0.137 e. The summed E-state index contributed by atoms with van der Waals surface area (Å²) in [6, 6.07) is 5.24. The van der Waals surface area contributed by atoms with Crippen LogP contribution in [0.2, 0.25) is 0 Å². The zero-order valence-electron chi connectivity index (χ0n) is 11.9. The molecular weight excluding hydrogens is 309 g/mol. The first-order valence-electron chi connectivity index (χ1n) is 6.58. The maximum absolute atomic E-state index is 13.1. The molecule has 0 saturated carbocycles. The lowest BCUT2D eigenvalue weighted by Gasteiger charge is -2.25. The third-order valence-electron chi connectivity index (χ3n) is 3.16. The second kappa shape index (κ2) is 7.98. The van der Waals surface area contributed by atoms with Crippen LogP contribution in [0.25, 0.3) is 0 Å². The number of hydrogen-bond acceptors (Lipinski definition) is 2. The van der Waals surface area contributed by atoms with Crippen molar-refractivity contribution >= 4 is 15.9 Å². The summed E-state index contributed by atoms with van der Waals surface area (Å²) in [6.07, 6.45) is 2.02. The van der Waals surface area contributed by atoms with E-state index in [4.69, 9.17) is 4.74 Å². The molecule has 1 aromatic carbocycles. The number of methoxy groups -OCH3 is 1. The Morgan fingerprint density at radius 1 is 1.37 bits per heavy atom. The van der Waals surface area contributed by atoms with Crippen LogP contribution in [-0.2, 0) is 11.2 Å². The van der Waals surface area contributed by atoms with Crippen molar-refractivity contribution in [3.05, 3.63) is 34.1 Å². The lowest BCUT2D eigenvalue weighted by atomic mass is 9.86. The molecule has 0 bridgehead atoms. The minimum atomic E-state index is -0.204. The zero-order chi connectivity index (χ0) is 14.3. The minimum Gasteiger partial charge on any atom is -0.383 e. The summed E-state index contributed by atoms with van der Waals surface area (Å²) in [6.45, 7) is 7.05. The fourth-order valence-electron chi connectivity index (χ4n) is 1.87. The highest BCUT2D eigenvalue weighted by Gasteiger charge is 2.17. The van der Waals surface area contributed by atoms with Crippen molar-refractivity contribution in [1.29, 1.82) is 0 Å². The smallest absolute Gasteiger partial charge is 0.137 e. The monoisotopic (exact) mass is 331 g/mol. The van der Waals surface area contributed by atoms with E-state index in [0.29, 0.717) is 4.47 Å². The molecule has 1 rings (SSSR count). The molecule has 0 heterocycles. The molecule has 0 aromatic heterocycles. The van der Waals surface area contributed by atoms with Gasteiger partial charge in [-0.3, -0.25) is 0 Å². The van der Waals surface area contributed by atoms with E-state index < -0.39 is 0 Å². The van der Waals surface area contributed by atoms with Crippen LogP contribution in [0, 0.1) is 11.2 Å². The summed E-state index contributed by atoms with van der Waals surface area (Å²) in [5.74, 6) is -0.204. The average Bonchev–Trinajstić information content (AvgIpc) is 2.36. The Morgan fingerprint density at radius 2 is 2.11 bits per heavy atom. The Bertz CT molecular complexity index is 396. The Labute approximate surface area is 123 Å². The maximum atomic E-state index is 13.1. The Morgan fingerprint density at radius 3 is 2.74 bits per heavy atom. The quantitative estimate of drug-likeness (QED) is 0.732. The molecule has 0 amide bonds. The van der Waals surface area contributed by atoms with Crippen molar-refractivity contribution in [2.75, 3.05) is 26.8 Å². The topological polar surface area (TPSA) is 21.3 Å². The van der Waals surface area contributed by atoms with E-state index in [9.17, 15) is 4.39 Å². The summed E-state index contributed by atoms with van der Waals surface area (Å²) >= 11 is 3.22. The van der Waals surface area contributed by atoms with Gasteiger partial charge in [-0.15, -0.1) is 0 Å². The number of ether oxygens (including phenoxy) is 1. The van der Waals surface area contributed by atoms with Gasteiger partial charge in [-0.1, -0.05) is 19.9 Å². The van der Waals surface area contributed by atoms with Crippen molar-refractivity contribution in [2.45, 2.75) is 26.7 Å². The fraction of sp³-hybridized carbons (Fsp3) is 0.600. The van der Waals surface area contributed by atoms with Gasteiger partial charge >= 0.3 is 0 Å². The normalized spacial score (nSPS) is 11.8. The Balaban J connectivity index is 2.39. The average molecular weight is 332 g/mol. The van der Waals surface area contributed by atoms with Crippen LogP contribution < -0.4 is 5.32 Å². The second-order valence-electron chi connectivity index (χ2n) is 5.58. The molecular formula is C15H23BrFNO. The Hall–Kier alpha value is -0.450. The van der Waals surface area contributed by atoms with Gasteiger partial charge in [-0.25, -0.2) is 4.39 Å². The number of rotatable bonds is 8. The van der Waals surface area contributed by atoms with E-state index >= 15 is 0 Å². The van der Waals surface area contributed by atoms with Crippen LogP contribution in [0.3, 0.4) is 0 Å². The van der Waals surface area contributed by atoms with E-state index in [1.807, 2.05) is 12.1 Å². The van der Waals surface area contributed by atoms with Gasteiger partial charge in [0.05, 0.1) is 11.1 Å². The largest absolute Gasteiger partial charge is 0.383 e. The van der Waals surface area contributed by atoms with Gasteiger partial charge in [0.25, 0.3) is 0 Å². The van der Waals surface area contributed by atoms with E-state index in [1.165, 1.54) is 11.6 Å². The van der Waals surface area contributed by atoms with E-state index in [0.717, 1.165) is 32.5 Å². The van der Waals surface area contributed by atoms with Crippen LogP contribution in [0.5, 0.6) is 0 Å². The highest BCUT2D eigenvalue weighted by Crippen LogP contribution is 2.24. The van der Waals surface area contributed by atoms with Crippen molar-refractivity contribution in [3.63, 3.8) is 0 Å². The molecule has 1 aromatic rings. The summed E-state index contributed by atoms with van der Waals surface area (Å²) in [5, 5.41) is 3.39. The standard InChI is InChI=1S/C15H23BrFNO/c1-15(2,11-18-8-9-19-3)7-6-12-4-5-14(17)13(16)10-12/h4-5,10,18H,6-9,11H2,1-3H3. The third-order valence-corrected chi connectivity index (χ3v) is 3.77. The van der Waals surface area contributed by atoms with Crippen molar-refractivity contribution < 1.29 is 9.13 Å². The summed E-state index contributed by atoms with van der Waals surface area (Å²) in [7, 11) is 1.71. The van der Waals surface area contributed by atoms with Crippen LogP contribution in [0.4, 0.5) is 4.39 Å². The van der Waals surface area contributed by atoms with Crippen molar-refractivity contribution in [2.24, 2.45) is 5.41 Å². The third kappa shape index (κ3) is 6.50. The molecule has 0 radical (unpaired) electrons. The number of hydrogen-bond donors (Lipinski definition) is 1. The van der Waals surface area contributed by atoms with E-state index in [2.05, 4.69) is 35.1 Å². The molecule has 19 heavy (non-hydrogen) atoms. The molecule has 108 valence electrons. The molecule has 0 aliphatic carbocycles. The number of aryl methyl sites for hydroxylation is 1. The number of nitrogens with one attached hydrogen (secondary N) is 1. The van der Waals surface area contributed by atoms with Crippen molar-refractivity contribution in [1.82, 2.24) is 5.32 Å². The summed E-state index contributed by atoms with van der Waals surface area (Å²) < 4.78 is 18.7. The highest BCUT2D eigenvalue weighted by atomic mass is 79.9. The molecule has 0 saturated heterocycles. The van der Waals surface area contributed by atoms with Gasteiger partial charge in [0.1, 0.15) is 5.82 Å². The molecule has 0 atom stereocenters. The fourth-order valence-corrected chi connectivity index (χ4v) is 2.29. The van der Waals surface area contributed by atoms with Gasteiger partial charge in [0.2, 0.25) is 0 Å². The van der Waals surface area contributed by atoms with Gasteiger partial charge in [-0.05, 0) is 51.9 Å². The number of benzene rings is 1. The van der Waals surface area contributed by atoms with Gasteiger partial charge < -0.3 is 10.1 Å². The Kier molecular flexibility index (Phi) is 6.97. The lowest BCUT2D eigenvalue weighted by Crippen LogP contribution is -2.31. The molecule has 2 nitrogen and oxygen atoms in total. The highest BCUT2D eigenvalue weighted by molar-refractivity contribution is 9.10. The lowest BCUT2D eigenvalue weighted by molar-refractivity contribution is 0.193. The SMILES string of the molecule is COCCNCC(C)(C)CCc1ccc(F)c(Br)c1. The first-order chi connectivity index (χ1) is 8.94. The first kappa shape index (κ1) is 16.6. The van der Waals surface area contributed by atoms with Gasteiger partial charge in [-0.2, -0.15) is 0 Å². The minimum absolute atomic E-state index is 0.204. The van der Waals surface area contributed by atoms with Crippen LogP contribution in [0.15, 0.2) is 22.7 Å². The molecule has 1 N–H and O–H groups in total. The van der Waals surface area contributed by atoms with Gasteiger partial charge in [0, 0.05) is 20.2 Å². The molecule has 0 aliphatic rings. The first-order valence-corrected chi connectivity index (χ1v) is 7.37. The summed E-state index contributed by atoms with van der Waals surface area (Å²) in [5.41, 5.74) is 1.38. The predicted molar refractivity (Wildman–Crippen MR) is 80.9 cm³/mol. The number of halogens is 2. The van der Waals surface area contributed by atoms with E-state index in [1.54, 1.807) is 7.11 Å². The second-order valence-corrected chi connectivity index (χ2v) is 6.44.